The number of anilines is 2. The lowest BCUT2D eigenvalue weighted by molar-refractivity contribution is -0.383. The first kappa shape index (κ1) is 11.6. The van der Waals surface area contributed by atoms with Crippen LogP contribution in [0.15, 0.2) is 35.7 Å². The summed E-state index contributed by atoms with van der Waals surface area (Å²) >= 11 is 1.33. The molecule has 0 aliphatic rings. The van der Waals surface area contributed by atoms with E-state index in [0.29, 0.717) is 5.00 Å². The molecule has 0 saturated heterocycles. The van der Waals surface area contributed by atoms with E-state index in [1.165, 1.54) is 23.0 Å². The highest BCUT2D eigenvalue weighted by molar-refractivity contribution is 7.14. The lowest BCUT2D eigenvalue weighted by Crippen LogP contribution is -1.93. The van der Waals surface area contributed by atoms with E-state index in [2.05, 4.69) is 12.2 Å². The third kappa shape index (κ3) is 2.62. The summed E-state index contributed by atoms with van der Waals surface area (Å²) in [4.78, 5) is 10.4. The fourth-order valence-electron chi connectivity index (χ4n) is 1.49. The fourth-order valence-corrected chi connectivity index (χ4v) is 2.27. The maximum atomic E-state index is 10.7. The Morgan fingerprint density at radius 3 is 2.59 bits per heavy atom. The molecule has 1 N–H and O–H groups in total. The van der Waals surface area contributed by atoms with Crippen LogP contribution in [0.5, 0.6) is 0 Å². The van der Waals surface area contributed by atoms with Gasteiger partial charge in [-0.2, -0.15) is 0 Å². The molecule has 88 valence electrons. The van der Waals surface area contributed by atoms with E-state index in [-0.39, 0.29) is 10.6 Å². The van der Waals surface area contributed by atoms with Crippen molar-refractivity contribution in [3.63, 3.8) is 0 Å². The molecule has 0 fully saturated rings. The van der Waals surface area contributed by atoms with Crippen LogP contribution in [0.3, 0.4) is 0 Å². The summed E-state index contributed by atoms with van der Waals surface area (Å²) in [5.41, 5.74) is 2.23. The van der Waals surface area contributed by atoms with Crippen molar-refractivity contribution in [2.45, 2.75) is 13.3 Å². The Kier molecular flexibility index (Phi) is 3.39. The Hall–Kier alpha value is -1.88. The molecule has 0 radical (unpaired) electrons. The Morgan fingerprint density at radius 2 is 2.00 bits per heavy atom. The van der Waals surface area contributed by atoms with Crippen LogP contribution in [0, 0.1) is 10.1 Å². The third-order valence-electron chi connectivity index (χ3n) is 2.46. The highest BCUT2D eigenvalue weighted by Gasteiger charge is 2.14. The molecule has 0 aliphatic heterocycles. The molecular weight excluding hydrogens is 236 g/mol. The molecule has 1 heterocycles. The van der Waals surface area contributed by atoms with E-state index in [1.54, 1.807) is 5.38 Å². The van der Waals surface area contributed by atoms with Crippen molar-refractivity contribution in [1.29, 1.82) is 0 Å². The molecule has 1 aromatic heterocycles. The van der Waals surface area contributed by atoms with Gasteiger partial charge in [0.2, 0.25) is 0 Å². The first-order valence-electron chi connectivity index (χ1n) is 5.28. The Bertz CT molecular complexity index is 520. The molecule has 0 spiro atoms. The molecule has 0 atom stereocenters. The Balaban J connectivity index is 2.19. The van der Waals surface area contributed by atoms with E-state index in [4.69, 9.17) is 0 Å². The number of rotatable bonds is 4. The first-order chi connectivity index (χ1) is 8.20. The molecular formula is C12H12N2O2S. The van der Waals surface area contributed by atoms with Crippen LogP contribution in [0.25, 0.3) is 0 Å². The lowest BCUT2D eigenvalue weighted by atomic mass is 10.1. The maximum Gasteiger partial charge on any atom is 0.303 e. The summed E-state index contributed by atoms with van der Waals surface area (Å²) in [6.45, 7) is 2.09. The van der Waals surface area contributed by atoms with Crippen molar-refractivity contribution in [3.05, 3.63) is 51.4 Å². The van der Waals surface area contributed by atoms with Gasteiger partial charge in [0.15, 0.2) is 5.00 Å². The normalized spacial score (nSPS) is 10.2. The molecule has 0 saturated carbocycles. The van der Waals surface area contributed by atoms with Crippen molar-refractivity contribution in [2.24, 2.45) is 0 Å². The Morgan fingerprint density at radius 1 is 1.29 bits per heavy atom. The van der Waals surface area contributed by atoms with Gasteiger partial charge in [-0.1, -0.05) is 19.1 Å². The number of nitrogens with one attached hydrogen (secondary N) is 1. The summed E-state index contributed by atoms with van der Waals surface area (Å²) < 4.78 is 0. The van der Waals surface area contributed by atoms with Gasteiger partial charge in [-0.15, -0.1) is 11.3 Å². The molecule has 2 aromatic rings. The van der Waals surface area contributed by atoms with Gasteiger partial charge in [-0.05, 0) is 29.5 Å². The van der Waals surface area contributed by atoms with Crippen LogP contribution in [-0.4, -0.2) is 4.92 Å². The number of nitrogens with zero attached hydrogens (tertiary/aromatic N) is 1. The number of hydrogen-bond acceptors (Lipinski definition) is 4. The fraction of sp³-hybridized carbons (Fsp3) is 0.167. The van der Waals surface area contributed by atoms with Gasteiger partial charge in [0.05, 0.1) is 4.92 Å². The minimum Gasteiger partial charge on any atom is -0.342 e. The monoisotopic (exact) mass is 248 g/mol. The van der Waals surface area contributed by atoms with Crippen LogP contribution < -0.4 is 5.32 Å². The minimum absolute atomic E-state index is 0.120. The summed E-state index contributed by atoms with van der Waals surface area (Å²) in [6, 6.07) is 9.40. The van der Waals surface area contributed by atoms with Crippen molar-refractivity contribution in [1.82, 2.24) is 0 Å². The maximum absolute atomic E-state index is 10.7. The molecule has 17 heavy (non-hydrogen) atoms. The standard InChI is InChI=1S/C12H12N2O2S/c1-2-9-3-5-10(6-4-9)13-12-11(14(15)16)7-8-17-12/h3-8,13H,2H2,1H3. The highest BCUT2D eigenvalue weighted by Crippen LogP contribution is 2.32. The molecule has 1 aromatic carbocycles. The number of hydrogen-bond donors (Lipinski definition) is 1. The molecule has 0 bridgehead atoms. The molecule has 0 aliphatic carbocycles. The van der Waals surface area contributed by atoms with E-state index < -0.39 is 0 Å². The number of nitro groups is 1. The van der Waals surface area contributed by atoms with Crippen molar-refractivity contribution in [2.75, 3.05) is 5.32 Å². The molecule has 0 amide bonds. The van der Waals surface area contributed by atoms with Gasteiger partial charge >= 0.3 is 5.69 Å². The van der Waals surface area contributed by atoms with Gasteiger partial charge < -0.3 is 5.32 Å². The van der Waals surface area contributed by atoms with Crippen LogP contribution in [0.4, 0.5) is 16.4 Å². The first-order valence-corrected chi connectivity index (χ1v) is 6.16. The number of aryl methyl sites for hydroxylation is 1. The van der Waals surface area contributed by atoms with Crippen molar-refractivity contribution < 1.29 is 4.92 Å². The average Bonchev–Trinajstić information content (AvgIpc) is 2.78. The van der Waals surface area contributed by atoms with Gasteiger partial charge in [0.1, 0.15) is 0 Å². The molecule has 5 heteroatoms. The SMILES string of the molecule is CCc1ccc(Nc2sccc2[N+](=O)[O-])cc1. The molecule has 2 rings (SSSR count). The van der Waals surface area contributed by atoms with Gasteiger partial charge in [0.25, 0.3) is 0 Å². The minimum atomic E-state index is -0.376. The van der Waals surface area contributed by atoms with E-state index in [1.807, 2.05) is 24.3 Å². The molecule has 4 nitrogen and oxygen atoms in total. The predicted molar refractivity (Wildman–Crippen MR) is 70.1 cm³/mol. The van der Waals surface area contributed by atoms with E-state index >= 15 is 0 Å². The summed E-state index contributed by atoms with van der Waals surface area (Å²) in [5, 5.41) is 16.1. The Labute approximate surface area is 103 Å². The van der Waals surface area contributed by atoms with Crippen LogP contribution in [0.1, 0.15) is 12.5 Å². The molecule has 0 unspecified atom stereocenters. The van der Waals surface area contributed by atoms with E-state index in [0.717, 1.165) is 12.1 Å². The van der Waals surface area contributed by atoms with E-state index in [9.17, 15) is 10.1 Å². The summed E-state index contributed by atoms with van der Waals surface area (Å²) in [6.07, 6.45) is 0.986. The van der Waals surface area contributed by atoms with Gasteiger partial charge in [-0.3, -0.25) is 10.1 Å². The zero-order valence-electron chi connectivity index (χ0n) is 9.34. The summed E-state index contributed by atoms with van der Waals surface area (Å²) in [7, 11) is 0. The lowest BCUT2D eigenvalue weighted by Gasteiger charge is -2.04. The zero-order valence-corrected chi connectivity index (χ0v) is 10.2. The average molecular weight is 248 g/mol. The highest BCUT2D eigenvalue weighted by atomic mass is 32.1. The largest absolute Gasteiger partial charge is 0.342 e. The topological polar surface area (TPSA) is 55.2 Å². The van der Waals surface area contributed by atoms with Crippen LogP contribution in [0.2, 0.25) is 0 Å². The van der Waals surface area contributed by atoms with Crippen LogP contribution in [-0.2, 0) is 6.42 Å². The zero-order chi connectivity index (χ0) is 12.3. The summed E-state index contributed by atoms with van der Waals surface area (Å²) in [5.74, 6) is 0. The number of benzene rings is 1. The van der Waals surface area contributed by atoms with Crippen molar-refractivity contribution in [3.8, 4) is 0 Å². The predicted octanol–water partition coefficient (Wildman–Crippen LogP) is 3.96. The van der Waals surface area contributed by atoms with Gasteiger partial charge in [0, 0.05) is 11.8 Å². The number of thiophene rings is 1. The quantitative estimate of drug-likeness (QED) is 0.658. The van der Waals surface area contributed by atoms with Gasteiger partial charge in [-0.25, -0.2) is 0 Å². The smallest absolute Gasteiger partial charge is 0.303 e. The second kappa shape index (κ2) is 4.97. The van der Waals surface area contributed by atoms with Crippen LogP contribution >= 0.6 is 11.3 Å². The third-order valence-corrected chi connectivity index (χ3v) is 3.28. The second-order valence-corrected chi connectivity index (χ2v) is 4.48. The second-order valence-electron chi connectivity index (χ2n) is 3.57. The van der Waals surface area contributed by atoms with Crippen molar-refractivity contribution >= 4 is 27.7 Å².